The van der Waals surface area contributed by atoms with Crippen LogP contribution in [0.5, 0.6) is 0 Å². The van der Waals surface area contributed by atoms with Crippen molar-refractivity contribution in [1.82, 2.24) is 0 Å². The molecule has 0 rings (SSSR count). The van der Waals surface area contributed by atoms with Crippen molar-refractivity contribution < 1.29 is 42.1 Å². The molecule has 0 aromatic carbocycles. The first-order valence-corrected chi connectivity index (χ1v) is 30.8. The molecule has 0 aliphatic heterocycles. The van der Waals surface area contributed by atoms with Crippen LogP contribution in [0.2, 0.25) is 0 Å². The summed E-state index contributed by atoms with van der Waals surface area (Å²) in [4.78, 5) is 37.7. The number of hydrogen-bond donors (Lipinski definition) is 0. The topological polar surface area (TPSA) is 111 Å². The van der Waals surface area contributed by atoms with Crippen molar-refractivity contribution in [2.75, 3.05) is 47.5 Å². The fraction of sp³-hybridized carbons (Fsp3) is 0.833. The number of phosphoric acid groups is 1. The third-order valence-corrected chi connectivity index (χ3v) is 13.8. The predicted octanol–water partition coefficient (Wildman–Crippen LogP) is 17.5. The molecule has 2 unspecified atom stereocenters. The minimum Gasteiger partial charge on any atom is -0.756 e. The van der Waals surface area contributed by atoms with Gasteiger partial charge in [-0.25, -0.2) is 0 Å². The number of carbonyl (C=O) groups is 2. The maximum absolute atomic E-state index is 12.8. The standard InChI is InChI=1S/C60H112NO8P/c1-6-8-10-12-14-16-18-19-20-21-22-23-24-25-26-27-28-29-30-31-32-33-34-35-36-37-38-39-40-41-43-45-47-49-51-53-60(63)69-58(57-68-70(64,65)67-55-54-61(3,4)5)56-66-59(62)52-50-48-46-44-42-17-15-13-11-9-7-2/h8,10,14,16,19-20,22-23,58H,6-7,9,11-13,15,17-18,21,24-57H2,1-5H3/b10-8-,16-14-,20-19-,23-22-. The fourth-order valence-corrected chi connectivity index (χ4v) is 9.08. The Morgan fingerprint density at radius 1 is 0.457 bits per heavy atom. The molecule has 10 heteroatoms. The number of allylic oxidation sites excluding steroid dienone is 8. The second kappa shape index (κ2) is 51.9. The third-order valence-electron chi connectivity index (χ3n) is 12.9. The zero-order chi connectivity index (χ0) is 51.3. The molecule has 2 atom stereocenters. The summed E-state index contributed by atoms with van der Waals surface area (Å²) in [5, 5.41) is 0. The molecule has 0 heterocycles. The van der Waals surface area contributed by atoms with Gasteiger partial charge in [-0.15, -0.1) is 0 Å². The molecule has 0 saturated carbocycles. The van der Waals surface area contributed by atoms with E-state index in [0.717, 1.165) is 57.8 Å². The number of phosphoric ester groups is 1. The monoisotopic (exact) mass is 1010 g/mol. The van der Waals surface area contributed by atoms with E-state index in [1.807, 2.05) is 21.1 Å². The average molecular weight is 1010 g/mol. The fourth-order valence-electron chi connectivity index (χ4n) is 8.36. The van der Waals surface area contributed by atoms with Crippen molar-refractivity contribution >= 4 is 19.8 Å². The Kier molecular flexibility index (Phi) is 50.4. The molecule has 0 fully saturated rings. The number of carbonyl (C=O) groups excluding carboxylic acids is 2. The zero-order valence-electron chi connectivity index (χ0n) is 46.5. The highest BCUT2D eigenvalue weighted by Crippen LogP contribution is 2.38. The second-order valence-electron chi connectivity index (χ2n) is 21.0. The second-order valence-corrected chi connectivity index (χ2v) is 22.4. The summed E-state index contributed by atoms with van der Waals surface area (Å²) < 4.78 is 34.1. The van der Waals surface area contributed by atoms with Gasteiger partial charge in [-0.1, -0.05) is 255 Å². The number of quaternary nitrogens is 1. The lowest BCUT2D eigenvalue weighted by molar-refractivity contribution is -0.870. The number of rotatable bonds is 54. The first-order chi connectivity index (χ1) is 34.0. The van der Waals surface area contributed by atoms with E-state index in [9.17, 15) is 19.0 Å². The Labute approximate surface area is 433 Å². The van der Waals surface area contributed by atoms with Crippen LogP contribution in [0, 0.1) is 0 Å². The Bertz CT molecular complexity index is 1320. The van der Waals surface area contributed by atoms with Crippen molar-refractivity contribution in [3.63, 3.8) is 0 Å². The maximum Gasteiger partial charge on any atom is 0.306 e. The molecule has 0 aromatic rings. The maximum atomic E-state index is 12.8. The van der Waals surface area contributed by atoms with Gasteiger partial charge in [0.1, 0.15) is 19.8 Å². The molecule has 410 valence electrons. The van der Waals surface area contributed by atoms with Crippen molar-refractivity contribution in [2.45, 2.75) is 277 Å². The molecule has 0 aliphatic rings. The highest BCUT2D eigenvalue weighted by atomic mass is 31.2. The van der Waals surface area contributed by atoms with Gasteiger partial charge in [-0.05, 0) is 51.4 Å². The molecule has 0 N–H and O–H groups in total. The zero-order valence-corrected chi connectivity index (χ0v) is 47.4. The van der Waals surface area contributed by atoms with E-state index in [1.54, 1.807) is 0 Å². The number of ether oxygens (including phenoxy) is 2. The highest BCUT2D eigenvalue weighted by molar-refractivity contribution is 7.45. The van der Waals surface area contributed by atoms with E-state index in [-0.39, 0.29) is 32.0 Å². The first-order valence-electron chi connectivity index (χ1n) is 29.3. The molecule has 9 nitrogen and oxygen atoms in total. The predicted molar refractivity (Wildman–Crippen MR) is 296 cm³/mol. The van der Waals surface area contributed by atoms with Crippen LogP contribution in [0.4, 0.5) is 0 Å². The third kappa shape index (κ3) is 55.3. The van der Waals surface area contributed by atoms with Crippen LogP contribution in [-0.4, -0.2) is 70.0 Å². The lowest BCUT2D eigenvalue weighted by Crippen LogP contribution is -2.37. The van der Waals surface area contributed by atoms with Crippen LogP contribution < -0.4 is 4.89 Å². The van der Waals surface area contributed by atoms with Gasteiger partial charge in [0.05, 0.1) is 27.7 Å². The van der Waals surface area contributed by atoms with Gasteiger partial charge in [-0.2, -0.15) is 0 Å². The van der Waals surface area contributed by atoms with Crippen molar-refractivity contribution in [1.29, 1.82) is 0 Å². The first kappa shape index (κ1) is 68.0. The smallest absolute Gasteiger partial charge is 0.306 e. The molecule has 0 aliphatic carbocycles. The lowest BCUT2D eigenvalue weighted by atomic mass is 10.0. The van der Waals surface area contributed by atoms with Crippen molar-refractivity contribution in [3.05, 3.63) is 48.6 Å². The van der Waals surface area contributed by atoms with Crippen LogP contribution in [0.1, 0.15) is 271 Å². The molecule has 0 aromatic heterocycles. The van der Waals surface area contributed by atoms with Gasteiger partial charge in [0, 0.05) is 12.8 Å². The quantitative estimate of drug-likeness (QED) is 0.0195. The van der Waals surface area contributed by atoms with Crippen molar-refractivity contribution in [2.24, 2.45) is 0 Å². The van der Waals surface area contributed by atoms with Gasteiger partial charge in [0.25, 0.3) is 7.82 Å². The number of likely N-dealkylation sites (N-methyl/N-ethyl adjacent to an activating group) is 1. The Balaban J connectivity index is 3.92. The minimum atomic E-state index is -4.63. The summed E-state index contributed by atoms with van der Waals surface area (Å²) in [5.74, 6) is -0.821. The molecule has 0 radical (unpaired) electrons. The highest BCUT2D eigenvalue weighted by Gasteiger charge is 2.22. The molecule has 0 spiro atoms. The van der Waals surface area contributed by atoms with Crippen LogP contribution >= 0.6 is 7.82 Å². The van der Waals surface area contributed by atoms with Gasteiger partial charge >= 0.3 is 11.9 Å². The number of unbranched alkanes of at least 4 members (excludes halogenated alkanes) is 32. The molecular weight excluding hydrogens is 894 g/mol. The van der Waals surface area contributed by atoms with E-state index in [2.05, 4.69) is 62.5 Å². The summed E-state index contributed by atoms with van der Waals surface area (Å²) in [6.07, 6.45) is 64.7. The Hall–Kier alpha value is -2.03. The minimum absolute atomic E-state index is 0.0282. The molecule has 70 heavy (non-hydrogen) atoms. The van der Waals surface area contributed by atoms with Crippen LogP contribution in [0.15, 0.2) is 48.6 Å². The number of nitrogens with zero attached hydrogens (tertiary/aromatic N) is 1. The van der Waals surface area contributed by atoms with Crippen molar-refractivity contribution in [3.8, 4) is 0 Å². The number of esters is 2. The number of hydrogen-bond acceptors (Lipinski definition) is 8. The summed E-state index contributed by atoms with van der Waals surface area (Å²) >= 11 is 0. The molecule has 0 bridgehead atoms. The van der Waals surface area contributed by atoms with Gasteiger partial charge in [0.15, 0.2) is 6.10 Å². The summed E-state index contributed by atoms with van der Waals surface area (Å²) in [7, 11) is 1.18. The summed E-state index contributed by atoms with van der Waals surface area (Å²) in [6.45, 7) is 4.14. The van der Waals surface area contributed by atoms with Crippen LogP contribution in [-0.2, 0) is 32.7 Å². The Morgan fingerprint density at radius 2 is 0.814 bits per heavy atom. The molecular formula is C60H112NO8P. The van der Waals surface area contributed by atoms with Gasteiger partial charge < -0.3 is 27.9 Å². The van der Waals surface area contributed by atoms with Crippen LogP contribution in [0.25, 0.3) is 0 Å². The largest absolute Gasteiger partial charge is 0.756 e. The van der Waals surface area contributed by atoms with E-state index in [4.69, 9.17) is 18.5 Å². The van der Waals surface area contributed by atoms with Crippen LogP contribution in [0.3, 0.4) is 0 Å². The van der Waals surface area contributed by atoms with Gasteiger partial charge in [-0.3, -0.25) is 14.2 Å². The SMILES string of the molecule is CC/C=C\C/C=C\C/C=C\C/C=C\CCCCCCCCCCCCCCCCCCCCCCCCC(=O)OC(COC(=O)CCCCCCCCCCCCC)COP(=O)([O-])OCC[N+](C)(C)C. The van der Waals surface area contributed by atoms with E-state index in [1.165, 1.54) is 180 Å². The molecule has 0 amide bonds. The van der Waals surface area contributed by atoms with E-state index in [0.29, 0.717) is 17.4 Å². The average Bonchev–Trinajstić information content (AvgIpc) is 3.32. The summed E-state index contributed by atoms with van der Waals surface area (Å²) in [6, 6.07) is 0. The molecule has 0 saturated heterocycles. The summed E-state index contributed by atoms with van der Waals surface area (Å²) in [5.41, 5.74) is 0. The lowest BCUT2D eigenvalue weighted by Gasteiger charge is -2.28. The van der Waals surface area contributed by atoms with Gasteiger partial charge in [0.2, 0.25) is 0 Å². The van der Waals surface area contributed by atoms with E-state index >= 15 is 0 Å². The Morgan fingerprint density at radius 3 is 1.21 bits per heavy atom. The normalized spacial score (nSPS) is 13.6. The van der Waals surface area contributed by atoms with E-state index < -0.39 is 26.5 Å².